The standard InChI is InChI=1S/C14H25ClN4O/c1-5-19-6-7-20-13(9-19)12(16-3)8-11-10(2)17-18(4)14(11)15/h12-13,16H,5-9H2,1-4H3. The summed E-state index contributed by atoms with van der Waals surface area (Å²) in [5.41, 5.74) is 2.12. The molecule has 0 aromatic carbocycles. The number of likely N-dealkylation sites (N-methyl/N-ethyl adjacent to an activating group) is 2. The molecule has 6 heteroatoms. The summed E-state index contributed by atoms with van der Waals surface area (Å²) in [4.78, 5) is 2.43. The van der Waals surface area contributed by atoms with E-state index in [1.807, 2.05) is 21.0 Å². The lowest BCUT2D eigenvalue weighted by Crippen LogP contribution is -2.52. The van der Waals surface area contributed by atoms with E-state index >= 15 is 0 Å². The van der Waals surface area contributed by atoms with Crippen molar-refractivity contribution in [3.63, 3.8) is 0 Å². The predicted octanol–water partition coefficient (Wildman–Crippen LogP) is 1.23. The van der Waals surface area contributed by atoms with Gasteiger partial charge in [-0.15, -0.1) is 0 Å². The molecule has 1 aromatic heterocycles. The summed E-state index contributed by atoms with van der Waals surface area (Å²) in [5.74, 6) is 0. The third-order valence-electron chi connectivity index (χ3n) is 4.14. The number of halogens is 1. The Morgan fingerprint density at radius 2 is 2.30 bits per heavy atom. The molecule has 0 amide bonds. The van der Waals surface area contributed by atoms with Crippen LogP contribution < -0.4 is 5.32 Å². The van der Waals surface area contributed by atoms with Crippen molar-refractivity contribution in [3.8, 4) is 0 Å². The average molecular weight is 301 g/mol. The van der Waals surface area contributed by atoms with Gasteiger partial charge >= 0.3 is 0 Å². The van der Waals surface area contributed by atoms with Gasteiger partial charge in [-0.05, 0) is 26.9 Å². The molecule has 1 aliphatic heterocycles. The minimum Gasteiger partial charge on any atom is -0.374 e. The maximum absolute atomic E-state index is 6.33. The van der Waals surface area contributed by atoms with Gasteiger partial charge in [0.25, 0.3) is 0 Å². The zero-order valence-electron chi connectivity index (χ0n) is 12.8. The lowest BCUT2D eigenvalue weighted by molar-refractivity contribution is -0.0436. The first kappa shape index (κ1) is 15.8. The van der Waals surface area contributed by atoms with E-state index < -0.39 is 0 Å². The molecule has 2 rings (SSSR count). The Morgan fingerprint density at radius 3 is 2.85 bits per heavy atom. The van der Waals surface area contributed by atoms with Gasteiger partial charge in [-0.3, -0.25) is 9.58 Å². The van der Waals surface area contributed by atoms with Crippen molar-refractivity contribution in [2.75, 3.05) is 33.3 Å². The molecule has 1 saturated heterocycles. The molecule has 2 unspecified atom stereocenters. The van der Waals surface area contributed by atoms with Crippen molar-refractivity contribution in [1.29, 1.82) is 0 Å². The molecule has 0 radical (unpaired) electrons. The molecule has 2 heterocycles. The molecule has 1 aliphatic rings. The van der Waals surface area contributed by atoms with E-state index in [4.69, 9.17) is 16.3 Å². The van der Waals surface area contributed by atoms with E-state index in [0.717, 1.165) is 49.1 Å². The third-order valence-corrected chi connectivity index (χ3v) is 4.61. The second-order valence-corrected chi connectivity index (χ2v) is 5.74. The van der Waals surface area contributed by atoms with Crippen LogP contribution >= 0.6 is 11.6 Å². The quantitative estimate of drug-likeness (QED) is 0.888. The van der Waals surface area contributed by atoms with Crippen molar-refractivity contribution >= 4 is 11.6 Å². The number of ether oxygens (including phenoxy) is 1. The van der Waals surface area contributed by atoms with Crippen LogP contribution in [0.3, 0.4) is 0 Å². The van der Waals surface area contributed by atoms with Crippen LogP contribution in [-0.2, 0) is 18.2 Å². The van der Waals surface area contributed by atoms with Crippen LogP contribution in [0.1, 0.15) is 18.2 Å². The molecule has 0 spiro atoms. The lowest BCUT2D eigenvalue weighted by atomic mass is 10.0. The summed E-state index contributed by atoms with van der Waals surface area (Å²) >= 11 is 6.33. The summed E-state index contributed by atoms with van der Waals surface area (Å²) in [6, 6.07) is 0.254. The molecular formula is C14H25ClN4O. The minimum atomic E-state index is 0.198. The molecule has 114 valence electrons. The molecular weight excluding hydrogens is 276 g/mol. The lowest BCUT2D eigenvalue weighted by Gasteiger charge is -2.36. The molecule has 5 nitrogen and oxygen atoms in total. The van der Waals surface area contributed by atoms with Crippen LogP contribution in [0.15, 0.2) is 0 Å². The highest BCUT2D eigenvalue weighted by molar-refractivity contribution is 6.30. The highest BCUT2D eigenvalue weighted by Crippen LogP contribution is 2.22. The first-order chi connectivity index (χ1) is 9.56. The van der Waals surface area contributed by atoms with Gasteiger partial charge < -0.3 is 10.1 Å². The Bertz CT molecular complexity index is 449. The number of morpholine rings is 1. The minimum absolute atomic E-state index is 0.198. The fraction of sp³-hybridized carbons (Fsp3) is 0.786. The van der Waals surface area contributed by atoms with Crippen molar-refractivity contribution in [2.24, 2.45) is 7.05 Å². The van der Waals surface area contributed by atoms with Gasteiger partial charge in [0.1, 0.15) is 5.15 Å². The molecule has 0 bridgehead atoms. The number of nitrogens with zero attached hydrogens (tertiary/aromatic N) is 3. The summed E-state index contributed by atoms with van der Waals surface area (Å²) in [5, 5.41) is 8.49. The molecule has 0 aliphatic carbocycles. The van der Waals surface area contributed by atoms with Crippen LogP contribution in [0.4, 0.5) is 0 Å². The highest BCUT2D eigenvalue weighted by atomic mass is 35.5. The largest absolute Gasteiger partial charge is 0.374 e. The van der Waals surface area contributed by atoms with Gasteiger partial charge in [0.05, 0.1) is 18.4 Å². The first-order valence-electron chi connectivity index (χ1n) is 7.26. The Labute approximate surface area is 126 Å². The van der Waals surface area contributed by atoms with Gasteiger partial charge in [0, 0.05) is 31.7 Å². The second kappa shape index (κ2) is 6.89. The maximum Gasteiger partial charge on any atom is 0.130 e. The van der Waals surface area contributed by atoms with Gasteiger partial charge in [-0.25, -0.2) is 0 Å². The predicted molar refractivity (Wildman–Crippen MR) is 81.4 cm³/mol. The SMILES string of the molecule is CCN1CCOC(C(Cc2c(C)nn(C)c2Cl)NC)C1. The van der Waals surface area contributed by atoms with E-state index in [0.29, 0.717) is 0 Å². The Balaban J connectivity index is 2.08. The van der Waals surface area contributed by atoms with Crippen LogP contribution in [-0.4, -0.2) is 60.1 Å². The van der Waals surface area contributed by atoms with Gasteiger partial charge in [0.15, 0.2) is 0 Å². The number of aryl methyl sites for hydroxylation is 2. The topological polar surface area (TPSA) is 42.3 Å². The van der Waals surface area contributed by atoms with Gasteiger partial charge in [0.2, 0.25) is 0 Å². The molecule has 1 aromatic rings. The fourth-order valence-corrected chi connectivity index (χ4v) is 3.06. The molecule has 1 N–H and O–H groups in total. The van der Waals surface area contributed by atoms with E-state index in [1.54, 1.807) is 4.68 Å². The van der Waals surface area contributed by atoms with Crippen molar-refractivity contribution in [2.45, 2.75) is 32.4 Å². The monoisotopic (exact) mass is 300 g/mol. The Hall–Kier alpha value is -0.620. The number of hydrogen-bond acceptors (Lipinski definition) is 4. The number of hydrogen-bond donors (Lipinski definition) is 1. The average Bonchev–Trinajstić information content (AvgIpc) is 2.70. The smallest absolute Gasteiger partial charge is 0.130 e. The number of rotatable bonds is 5. The molecule has 0 saturated carbocycles. The number of aromatic nitrogens is 2. The van der Waals surface area contributed by atoms with E-state index in [-0.39, 0.29) is 12.1 Å². The van der Waals surface area contributed by atoms with Crippen LogP contribution in [0.5, 0.6) is 0 Å². The van der Waals surface area contributed by atoms with E-state index in [2.05, 4.69) is 22.2 Å². The van der Waals surface area contributed by atoms with Crippen molar-refractivity contribution < 1.29 is 4.74 Å². The molecule has 20 heavy (non-hydrogen) atoms. The fourth-order valence-electron chi connectivity index (χ4n) is 2.81. The number of nitrogens with one attached hydrogen (secondary N) is 1. The van der Waals surface area contributed by atoms with Gasteiger partial charge in [-0.2, -0.15) is 5.10 Å². The molecule has 1 fully saturated rings. The third kappa shape index (κ3) is 3.34. The van der Waals surface area contributed by atoms with Crippen LogP contribution in [0.2, 0.25) is 5.15 Å². The maximum atomic E-state index is 6.33. The summed E-state index contributed by atoms with van der Waals surface area (Å²) in [6.07, 6.45) is 1.04. The van der Waals surface area contributed by atoms with E-state index in [1.165, 1.54) is 0 Å². The van der Waals surface area contributed by atoms with Crippen molar-refractivity contribution in [1.82, 2.24) is 20.0 Å². The van der Waals surface area contributed by atoms with Crippen LogP contribution in [0, 0.1) is 6.92 Å². The Kier molecular flexibility index (Phi) is 5.43. The summed E-state index contributed by atoms with van der Waals surface area (Å²) < 4.78 is 7.68. The van der Waals surface area contributed by atoms with Gasteiger partial charge in [-0.1, -0.05) is 18.5 Å². The van der Waals surface area contributed by atoms with Crippen molar-refractivity contribution in [3.05, 3.63) is 16.4 Å². The zero-order valence-corrected chi connectivity index (χ0v) is 13.6. The first-order valence-corrected chi connectivity index (χ1v) is 7.63. The highest BCUT2D eigenvalue weighted by Gasteiger charge is 2.28. The summed E-state index contributed by atoms with van der Waals surface area (Å²) in [7, 11) is 3.86. The van der Waals surface area contributed by atoms with E-state index in [9.17, 15) is 0 Å². The molecule has 2 atom stereocenters. The second-order valence-electron chi connectivity index (χ2n) is 5.38. The summed E-state index contributed by atoms with van der Waals surface area (Å²) in [6.45, 7) is 8.07. The van der Waals surface area contributed by atoms with Crippen LogP contribution in [0.25, 0.3) is 0 Å². The Morgan fingerprint density at radius 1 is 1.55 bits per heavy atom. The zero-order chi connectivity index (χ0) is 14.7. The normalized spacial score (nSPS) is 22.1.